The Kier molecular flexibility index (Phi) is 4.11. The third-order valence-corrected chi connectivity index (χ3v) is 6.06. The molecule has 2 atom stereocenters. The van der Waals surface area contributed by atoms with Crippen LogP contribution in [0, 0.1) is 11.8 Å². The van der Waals surface area contributed by atoms with Crippen LogP contribution in [-0.4, -0.2) is 40.1 Å². The number of hydrogen-bond donors (Lipinski definition) is 2. The number of aliphatic carboxylic acids is 1. The van der Waals surface area contributed by atoms with Gasteiger partial charge in [-0.2, -0.15) is 0 Å². The molecule has 1 aliphatic carbocycles. The van der Waals surface area contributed by atoms with E-state index in [-0.39, 0.29) is 18.5 Å². The van der Waals surface area contributed by atoms with E-state index in [1.165, 1.54) is 17.8 Å². The number of anilines is 1. The standard InChI is InChI=1S/C18H21N3O3S/c1-10-6-12(17(22)23)9-21(8-10)18(24)19-13-4-5-14-15(7-13)25-16(20-14)11-2-3-11/h4-5,7,10-12H,2-3,6,8-9H2,1H3,(H,19,24)(H,22,23). The van der Waals surface area contributed by atoms with Crippen LogP contribution in [0.5, 0.6) is 0 Å². The number of thiazole rings is 1. The molecule has 2 heterocycles. The van der Waals surface area contributed by atoms with E-state index >= 15 is 0 Å². The number of nitrogens with one attached hydrogen (secondary N) is 1. The second-order valence-corrected chi connectivity index (χ2v) is 8.28. The highest BCUT2D eigenvalue weighted by Gasteiger charge is 2.32. The number of fused-ring (bicyclic) bond motifs is 1. The van der Waals surface area contributed by atoms with Gasteiger partial charge in [0.25, 0.3) is 0 Å². The molecule has 2 unspecified atom stereocenters. The molecular weight excluding hydrogens is 338 g/mol. The summed E-state index contributed by atoms with van der Waals surface area (Å²) in [4.78, 5) is 30.1. The summed E-state index contributed by atoms with van der Waals surface area (Å²) in [6.07, 6.45) is 3.07. The van der Waals surface area contributed by atoms with Crippen LogP contribution < -0.4 is 5.32 Å². The lowest BCUT2D eigenvalue weighted by atomic mass is 9.91. The van der Waals surface area contributed by atoms with Gasteiger partial charge in [0.05, 0.1) is 21.1 Å². The molecule has 2 N–H and O–H groups in total. The summed E-state index contributed by atoms with van der Waals surface area (Å²) in [6.45, 7) is 2.84. The van der Waals surface area contributed by atoms with Gasteiger partial charge in [0.1, 0.15) is 0 Å². The van der Waals surface area contributed by atoms with Crippen LogP contribution in [0.3, 0.4) is 0 Å². The van der Waals surface area contributed by atoms with Gasteiger partial charge in [0.2, 0.25) is 0 Å². The Morgan fingerprint density at radius 1 is 1.32 bits per heavy atom. The van der Waals surface area contributed by atoms with Crippen LogP contribution in [0.15, 0.2) is 18.2 Å². The zero-order chi connectivity index (χ0) is 17.6. The Morgan fingerprint density at radius 2 is 2.12 bits per heavy atom. The minimum atomic E-state index is -0.831. The summed E-state index contributed by atoms with van der Waals surface area (Å²) in [5.74, 6) is -0.508. The molecule has 0 bridgehead atoms. The van der Waals surface area contributed by atoms with Gasteiger partial charge < -0.3 is 15.3 Å². The third-order valence-electron chi connectivity index (χ3n) is 4.88. The predicted octanol–water partition coefficient (Wildman–Crippen LogP) is 3.75. The van der Waals surface area contributed by atoms with Gasteiger partial charge >= 0.3 is 12.0 Å². The lowest BCUT2D eigenvalue weighted by molar-refractivity contribution is -0.143. The quantitative estimate of drug-likeness (QED) is 0.874. The maximum atomic E-state index is 12.6. The first-order valence-electron chi connectivity index (χ1n) is 8.69. The van der Waals surface area contributed by atoms with Crippen LogP contribution in [0.25, 0.3) is 10.2 Å². The van der Waals surface area contributed by atoms with Crippen molar-refractivity contribution in [2.75, 3.05) is 18.4 Å². The van der Waals surface area contributed by atoms with Crippen LogP contribution in [-0.2, 0) is 4.79 Å². The monoisotopic (exact) mass is 359 g/mol. The highest BCUT2D eigenvalue weighted by atomic mass is 32.1. The van der Waals surface area contributed by atoms with Gasteiger partial charge in [-0.05, 0) is 43.4 Å². The molecule has 1 saturated heterocycles. The average Bonchev–Trinajstić information content (AvgIpc) is 3.34. The number of piperidine rings is 1. The minimum Gasteiger partial charge on any atom is -0.481 e. The molecule has 1 aromatic carbocycles. The average molecular weight is 359 g/mol. The summed E-state index contributed by atoms with van der Waals surface area (Å²) in [6, 6.07) is 5.52. The summed E-state index contributed by atoms with van der Waals surface area (Å²) in [5.41, 5.74) is 1.70. The van der Waals surface area contributed by atoms with Gasteiger partial charge in [-0.1, -0.05) is 6.92 Å². The lowest BCUT2D eigenvalue weighted by Gasteiger charge is -2.34. The van der Waals surface area contributed by atoms with Crippen molar-refractivity contribution < 1.29 is 14.7 Å². The summed E-state index contributed by atoms with van der Waals surface area (Å²) >= 11 is 1.70. The molecule has 1 aliphatic heterocycles. The number of aromatic nitrogens is 1. The van der Waals surface area contributed by atoms with Crippen LogP contribution in [0.4, 0.5) is 10.5 Å². The SMILES string of the molecule is CC1CC(C(=O)O)CN(C(=O)Nc2ccc3nc(C4CC4)sc3c2)C1. The first-order chi connectivity index (χ1) is 12.0. The molecule has 0 spiro atoms. The molecule has 1 saturated carbocycles. The lowest BCUT2D eigenvalue weighted by Crippen LogP contribution is -2.47. The Hall–Kier alpha value is -2.15. The van der Waals surface area contributed by atoms with Crippen LogP contribution in [0.1, 0.15) is 37.1 Å². The Balaban J connectivity index is 1.48. The molecule has 6 nitrogen and oxygen atoms in total. The second-order valence-electron chi connectivity index (χ2n) is 7.22. The fraction of sp³-hybridized carbons (Fsp3) is 0.500. The molecule has 2 aliphatic rings. The van der Waals surface area contributed by atoms with Crippen molar-refractivity contribution in [3.05, 3.63) is 23.2 Å². The maximum absolute atomic E-state index is 12.6. The number of likely N-dealkylation sites (tertiary alicyclic amines) is 1. The Labute approximate surface area is 149 Å². The van der Waals surface area contributed by atoms with E-state index in [1.807, 2.05) is 25.1 Å². The predicted molar refractivity (Wildman–Crippen MR) is 97.1 cm³/mol. The Bertz CT molecular complexity index is 830. The minimum absolute atomic E-state index is 0.186. The number of carbonyl (C=O) groups is 2. The molecule has 132 valence electrons. The first-order valence-corrected chi connectivity index (χ1v) is 9.50. The topological polar surface area (TPSA) is 82.5 Å². The zero-order valence-corrected chi connectivity index (χ0v) is 14.9. The van der Waals surface area contributed by atoms with Crippen LogP contribution >= 0.6 is 11.3 Å². The molecular formula is C18H21N3O3S. The number of urea groups is 1. The first kappa shape index (κ1) is 16.3. The van der Waals surface area contributed by atoms with Gasteiger partial charge in [-0.15, -0.1) is 11.3 Å². The summed E-state index contributed by atoms with van der Waals surface area (Å²) < 4.78 is 1.08. The largest absolute Gasteiger partial charge is 0.481 e. The highest BCUT2D eigenvalue weighted by Crippen LogP contribution is 2.43. The fourth-order valence-electron chi connectivity index (χ4n) is 3.42. The number of benzene rings is 1. The van der Waals surface area contributed by atoms with Gasteiger partial charge in [0, 0.05) is 24.7 Å². The maximum Gasteiger partial charge on any atom is 0.321 e. The fourth-order valence-corrected chi connectivity index (χ4v) is 4.60. The number of rotatable bonds is 3. The highest BCUT2D eigenvalue weighted by molar-refractivity contribution is 7.18. The van der Waals surface area contributed by atoms with E-state index in [0.717, 1.165) is 15.9 Å². The number of carbonyl (C=O) groups excluding carboxylic acids is 1. The van der Waals surface area contributed by atoms with E-state index in [1.54, 1.807) is 16.2 Å². The molecule has 2 fully saturated rings. The van der Waals surface area contributed by atoms with Gasteiger partial charge in [-0.25, -0.2) is 9.78 Å². The molecule has 2 amide bonds. The summed E-state index contributed by atoms with van der Waals surface area (Å²) in [7, 11) is 0. The van der Waals surface area contributed by atoms with Crippen molar-refractivity contribution in [2.45, 2.75) is 32.1 Å². The van der Waals surface area contributed by atoms with Crippen molar-refractivity contribution in [1.29, 1.82) is 0 Å². The van der Waals surface area contributed by atoms with Crippen molar-refractivity contribution in [2.24, 2.45) is 11.8 Å². The van der Waals surface area contributed by atoms with Crippen molar-refractivity contribution in [3.8, 4) is 0 Å². The number of amides is 2. The smallest absolute Gasteiger partial charge is 0.321 e. The molecule has 2 aromatic rings. The summed E-state index contributed by atoms with van der Waals surface area (Å²) in [5, 5.41) is 13.4. The second kappa shape index (κ2) is 6.29. The van der Waals surface area contributed by atoms with Crippen molar-refractivity contribution in [1.82, 2.24) is 9.88 Å². The van der Waals surface area contributed by atoms with E-state index in [2.05, 4.69) is 10.3 Å². The molecule has 4 rings (SSSR count). The normalized spacial score (nSPS) is 23.6. The number of hydrogen-bond acceptors (Lipinski definition) is 4. The number of nitrogens with zero attached hydrogens (tertiary/aromatic N) is 2. The molecule has 1 aromatic heterocycles. The van der Waals surface area contributed by atoms with Crippen molar-refractivity contribution >= 4 is 39.2 Å². The number of carboxylic acid groups (broad SMARTS) is 1. The van der Waals surface area contributed by atoms with E-state index in [0.29, 0.717) is 18.9 Å². The van der Waals surface area contributed by atoms with Gasteiger partial charge in [0.15, 0.2) is 0 Å². The zero-order valence-electron chi connectivity index (χ0n) is 14.1. The van der Waals surface area contributed by atoms with Crippen LogP contribution in [0.2, 0.25) is 0 Å². The van der Waals surface area contributed by atoms with Gasteiger partial charge in [-0.3, -0.25) is 4.79 Å². The molecule has 0 radical (unpaired) electrons. The third kappa shape index (κ3) is 3.46. The van der Waals surface area contributed by atoms with E-state index in [4.69, 9.17) is 0 Å². The Morgan fingerprint density at radius 3 is 2.84 bits per heavy atom. The van der Waals surface area contributed by atoms with Crippen molar-refractivity contribution in [3.63, 3.8) is 0 Å². The van der Waals surface area contributed by atoms with E-state index in [9.17, 15) is 14.7 Å². The van der Waals surface area contributed by atoms with E-state index < -0.39 is 11.9 Å². The number of carboxylic acids is 1. The molecule has 25 heavy (non-hydrogen) atoms. The molecule has 7 heteroatoms.